The van der Waals surface area contributed by atoms with Crippen LogP contribution in [0.3, 0.4) is 0 Å². The van der Waals surface area contributed by atoms with Gasteiger partial charge in [0, 0.05) is 5.02 Å². The van der Waals surface area contributed by atoms with Crippen molar-refractivity contribution in [3.05, 3.63) is 28.8 Å². The van der Waals surface area contributed by atoms with E-state index < -0.39 is 22.0 Å². The summed E-state index contributed by atoms with van der Waals surface area (Å²) in [4.78, 5) is 11.0. The quantitative estimate of drug-likeness (QED) is 0.872. The zero-order valence-electron chi connectivity index (χ0n) is 10.8. The molecule has 19 heavy (non-hydrogen) atoms. The predicted octanol–water partition coefficient (Wildman–Crippen LogP) is 2.04. The number of halogens is 1. The van der Waals surface area contributed by atoms with Gasteiger partial charge in [0.05, 0.1) is 4.90 Å². The number of benzene rings is 1. The number of sulfonamides is 1. The number of hydrogen-bond acceptors (Lipinski definition) is 3. The summed E-state index contributed by atoms with van der Waals surface area (Å²) in [6.45, 7) is 5.01. The number of nitrogens with one attached hydrogen (secondary N) is 1. The minimum absolute atomic E-state index is 0.0463. The molecule has 0 amide bonds. The van der Waals surface area contributed by atoms with Gasteiger partial charge in [-0.2, -0.15) is 4.72 Å². The first-order valence-corrected chi connectivity index (χ1v) is 7.52. The van der Waals surface area contributed by atoms with Crippen molar-refractivity contribution in [2.24, 2.45) is 5.92 Å². The first-order chi connectivity index (χ1) is 8.65. The van der Waals surface area contributed by atoms with Crippen molar-refractivity contribution in [3.8, 4) is 0 Å². The molecule has 0 unspecified atom stereocenters. The highest BCUT2D eigenvalue weighted by Gasteiger charge is 2.28. The number of rotatable bonds is 5. The standard InChI is InChI=1S/C12H16ClNO4S/c1-7(2)11(12(15)16)14-19(17,18)9-5-4-8(3)10(13)6-9/h4-7,11,14H,1-3H3,(H,15,16)/t11-/m1/s1. The van der Waals surface area contributed by atoms with Crippen LogP contribution in [0.5, 0.6) is 0 Å². The molecule has 5 nitrogen and oxygen atoms in total. The molecule has 0 spiro atoms. The number of carbonyl (C=O) groups is 1. The Morgan fingerprint density at radius 3 is 2.37 bits per heavy atom. The Balaban J connectivity index is 3.10. The van der Waals surface area contributed by atoms with Crippen molar-refractivity contribution in [1.82, 2.24) is 4.72 Å². The molecule has 1 aromatic rings. The second-order valence-corrected chi connectivity index (χ2v) is 6.71. The van der Waals surface area contributed by atoms with Gasteiger partial charge in [0.2, 0.25) is 10.0 Å². The van der Waals surface area contributed by atoms with Gasteiger partial charge < -0.3 is 5.11 Å². The fourth-order valence-corrected chi connectivity index (χ4v) is 3.06. The van der Waals surface area contributed by atoms with Crippen LogP contribution in [0.25, 0.3) is 0 Å². The molecular weight excluding hydrogens is 290 g/mol. The zero-order valence-corrected chi connectivity index (χ0v) is 12.4. The van der Waals surface area contributed by atoms with Crippen LogP contribution in [0.2, 0.25) is 5.02 Å². The third-order valence-electron chi connectivity index (χ3n) is 2.67. The van der Waals surface area contributed by atoms with E-state index in [-0.39, 0.29) is 10.8 Å². The van der Waals surface area contributed by atoms with Gasteiger partial charge in [-0.25, -0.2) is 8.42 Å². The smallest absolute Gasteiger partial charge is 0.322 e. The molecule has 0 saturated carbocycles. The molecule has 1 atom stereocenters. The van der Waals surface area contributed by atoms with Crippen molar-refractivity contribution in [2.75, 3.05) is 0 Å². The van der Waals surface area contributed by atoms with Crippen LogP contribution < -0.4 is 4.72 Å². The van der Waals surface area contributed by atoms with Crippen molar-refractivity contribution < 1.29 is 18.3 Å². The van der Waals surface area contributed by atoms with Gasteiger partial charge in [0.1, 0.15) is 6.04 Å². The summed E-state index contributed by atoms with van der Waals surface area (Å²) in [6.07, 6.45) is 0. The summed E-state index contributed by atoms with van der Waals surface area (Å²) >= 11 is 5.87. The van der Waals surface area contributed by atoms with E-state index in [1.165, 1.54) is 12.1 Å². The van der Waals surface area contributed by atoms with Crippen LogP contribution in [-0.2, 0) is 14.8 Å². The summed E-state index contributed by atoms with van der Waals surface area (Å²) in [5, 5.41) is 9.32. The maximum absolute atomic E-state index is 12.1. The van der Waals surface area contributed by atoms with Gasteiger partial charge in [0.15, 0.2) is 0 Å². The molecule has 7 heteroatoms. The Kier molecular flexibility index (Phi) is 4.95. The maximum Gasteiger partial charge on any atom is 0.322 e. The van der Waals surface area contributed by atoms with E-state index in [9.17, 15) is 13.2 Å². The van der Waals surface area contributed by atoms with Gasteiger partial charge >= 0.3 is 5.97 Å². The van der Waals surface area contributed by atoms with Gasteiger partial charge in [0.25, 0.3) is 0 Å². The summed E-state index contributed by atoms with van der Waals surface area (Å²) in [5.41, 5.74) is 0.749. The number of hydrogen-bond donors (Lipinski definition) is 2. The maximum atomic E-state index is 12.1. The van der Waals surface area contributed by atoms with Crippen molar-refractivity contribution >= 4 is 27.6 Å². The van der Waals surface area contributed by atoms with E-state index in [1.807, 2.05) is 0 Å². The first kappa shape index (κ1) is 15.9. The van der Waals surface area contributed by atoms with Crippen LogP contribution in [0.15, 0.2) is 23.1 Å². The molecule has 0 radical (unpaired) electrons. The third-order valence-corrected chi connectivity index (χ3v) is 4.51. The van der Waals surface area contributed by atoms with Crippen LogP contribution in [0, 0.1) is 12.8 Å². The summed E-state index contributed by atoms with van der Waals surface area (Å²) in [5.74, 6) is -1.58. The molecule has 106 valence electrons. The predicted molar refractivity (Wildman–Crippen MR) is 72.8 cm³/mol. The molecular formula is C12H16ClNO4S. The Morgan fingerprint density at radius 1 is 1.37 bits per heavy atom. The van der Waals surface area contributed by atoms with Gasteiger partial charge in [-0.05, 0) is 30.5 Å². The van der Waals surface area contributed by atoms with Crippen molar-refractivity contribution in [1.29, 1.82) is 0 Å². The molecule has 2 N–H and O–H groups in total. The lowest BCUT2D eigenvalue weighted by molar-refractivity contribution is -0.140. The van der Waals surface area contributed by atoms with Crippen LogP contribution in [0.1, 0.15) is 19.4 Å². The molecule has 0 bridgehead atoms. The number of aryl methyl sites for hydroxylation is 1. The fraction of sp³-hybridized carbons (Fsp3) is 0.417. The molecule has 1 aromatic carbocycles. The average molecular weight is 306 g/mol. The lowest BCUT2D eigenvalue weighted by Crippen LogP contribution is -2.44. The second-order valence-electron chi connectivity index (χ2n) is 4.59. The van der Waals surface area contributed by atoms with E-state index in [2.05, 4.69) is 4.72 Å². The number of carboxylic acid groups (broad SMARTS) is 1. The highest BCUT2D eigenvalue weighted by atomic mass is 35.5. The van der Waals surface area contributed by atoms with E-state index in [0.717, 1.165) is 5.56 Å². The number of aliphatic carboxylic acids is 1. The first-order valence-electron chi connectivity index (χ1n) is 5.66. The van der Waals surface area contributed by atoms with E-state index >= 15 is 0 Å². The second kappa shape index (κ2) is 5.90. The van der Waals surface area contributed by atoms with Crippen LogP contribution in [-0.4, -0.2) is 25.5 Å². The van der Waals surface area contributed by atoms with Crippen LogP contribution in [0.4, 0.5) is 0 Å². The SMILES string of the molecule is Cc1ccc(S(=O)(=O)N[C@@H](C(=O)O)C(C)C)cc1Cl. The Bertz CT molecular complexity index is 583. The largest absolute Gasteiger partial charge is 0.480 e. The normalized spacial score (nSPS) is 13.5. The molecule has 0 aliphatic heterocycles. The highest BCUT2D eigenvalue weighted by molar-refractivity contribution is 7.89. The lowest BCUT2D eigenvalue weighted by atomic mass is 10.1. The third kappa shape index (κ3) is 3.92. The summed E-state index contributed by atoms with van der Waals surface area (Å²) in [6, 6.07) is 3.09. The van der Waals surface area contributed by atoms with Gasteiger partial charge in [-0.15, -0.1) is 0 Å². The van der Waals surface area contributed by atoms with Crippen molar-refractivity contribution in [2.45, 2.75) is 31.7 Å². The molecule has 0 fully saturated rings. The molecule has 0 saturated heterocycles. The minimum Gasteiger partial charge on any atom is -0.480 e. The van der Waals surface area contributed by atoms with E-state index in [0.29, 0.717) is 5.02 Å². The summed E-state index contributed by atoms with van der Waals surface area (Å²) in [7, 11) is -3.90. The monoisotopic (exact) mass is 305 g/mol. The van der Waals surface area contributed by atoms with Crippen LogP contribution >= 0.6 is 11.6 Å². The Morgan fingerprint density at radius 2 is 1.95 bits per heavy atom. The minimum atomic E-state index is -3.90. The van der Waals surface area contributed by atoms with Gasteiger partial charge in [-0.1, -0.05) is 31.5 Å². The number of carboxylic acids is 1. The Labute approximate surface area is 117 Å². The highest BCUT2D eigenvalue weighted by Crippen LogP contribution is 2.20. The molecule has 0 aliphatic carbocycles. The van der Waals surface area contributed by atoms with Crippen molar-refractivity contribution in [3.63, 3.8) is 0 Å². The fourth-order valence-electron chi connectivity index (χ4n) is 1.45. The Hall–Kier alpha value is -1.11. The topological polar surface area (TPSA) is 83.5 Å². The zero-order chi connectivity index (χ0) is 14.8. The lowest BCUT2D eigenvalue weighted by Gasteiger charge is -2.18. The summed E-state index contributed by atoms with van der Waals surface area (Å²) < 4.78 is 26.3. The van der Waals surface area contributed by atoms with E-state index in [4.69, 9.17) is 16.7 Å². The molecule has 0 aliphatic rings. The molecule has 0 aromatic heterocycles. The van der Waals surface area contributed by atoms with E-state index in [1.54, 1.807) is 26.8 Å². The molecule has 1 rings (SSSR count). The van der Waals surface area contributed by atoms with Gasteiger partial charge in [-0.3, -0.25) is 4.79 Å². The molecule has 0 heterocycles. The average Bonchev–Trinajstić information content (AvgIpc) is 2.28.